The molecule has 0 fully saturated rings. The lowest BCUT2D eigenvalue weighted by Gasteiger charge is -2.10. The molecule has 0 heterocycles. The molecule has 0 aromatic rings. The second-order valence-corrected chi connectivity index (χ2v) is 2.85. The summed E-state index contributed by atoms with van der Waals surface area (Å²) in [5.41, 5.74) is 1.36. The summed E-state index contributed by atoms with van der Waals surface area (Å²) >= 11 is 0. The predicted molar refractivity (Wildman–Crippen MR) is 44.4 cm³/mol. The molecule has 0 spiro atoms. The summed E-state index contributed by atoms with van der Waals surface area (Å²) in [4.78, 5) is 0. The van der Waals surface area contributed by atoms with Crippen molar-refractivity contribution in [3.05, 3.63) is 23.8 Å². The van der Waals surface area contributed by atoms with Gasteiger partial charge in [-0.2, -0.15) is 0 Å². The number of hydrogen-bond donors (Lipinski definition) is 0. The topological polar surface area (TPSA) is 0 Å². The van der Waals surface area contributed by atoms with E-state index in [1.54, 1.807) is 0 Å². The second kappa shape index (κ2) is 2.75. The van der Waals surface area contributed by atoms with Gasteiger partial charge >= 0.3 is 0 Å². The van der Waals surface area contributed by atoms with E-state index in [0.717, 1.165) is 0 Å². The van der Waals surface area contributed by atoms with Crippen LogP contribution < -0.4 is 0 Å². The quantitative estimate of drug-likeness (QED) is 0.480. The van der Waals surface area contributed by atoms with Crippen molar-refractivity contribution in [3.63, 3.8) is 0 Å². The zero-order chi connectivity index (χ0) is 7.56. The minimum Gasteiger partial charge on any atom is -0.119 e. The lowest BCUT2D eigenvalue weighted by atomic mass is 9.94. The Bertz CT molecular complexity index is 211. The summed E-state index contributed by atoms with van der Waals surface area (Å²) in [5.74, 6) is 3.58. The van der Waals surface area contributed by atoms with Gasteiger partial charge in [0.15, 0.2) is 0 Å². The summed E-state index contributed by atoms with van der Waals surface area (Å²) in [5, 5.41) is 0. The van der Waals surface area contributed by atoms with Crippen molar-refractivity contribution in [3.8, 4) is 12.3 Å². The van der Waals surface area contributed by atoms with Gasteiger partial charge in [-0.1, -0.05) is 38.0 Å². The smallest absolute Gasteiger partial charge is 0.0598 e. The van der Waals surface area contributed by atoms with Crippen molar-refractivity contribution < 1.29 is 0 Å². The fourth-order valence-electron chi connectivity index (χ4n) is 1.20. The van der Waals surface area contributed by atoms with E-state index in [1.165, 1.54) is 5.57 Å². The molecule has 1 rings (SSSR count). The Hall–Kier alpha value is -0.960. The lowest BCUT2D eigenvalue weighted by Crippen LogP contribution is -2.00. The summed E-state index contributed by atoms with van der Waals surface area (Å²) in [6.07, 6.45) is 11.5. The van der Waals surface area contributed by atoms with Crippen LogP contribution in [0.3, 0.4) is 0 Å². The van der Waals surface area contributed by atoms with E-state index in [0.29, 0.717) is 5.92 Å². The molecule has 0 aliphatic heterocycles. The average molecular weight is 132 g/mol. The van der Waals surface area contributed by atoms with Crippen LogP contribution in [0.5, 0.6) is 0 Å². The highest BCUT2D eigenvalue weighted by Gasteiger charge is 2.13. The largest absolute Gasteiger partial charge is 0.119 e. The molecule has 52 valence electrons. The number of hydrogen-bond acceptors (Lipinski definition) is 0. The van der Waals surface area contributed by atoms with Gasteiger partial charge in [-0.05, 0) is 11.5 Å². The standard InChI is InChI=1S/C10H12/c1-4-9-6-5-7-10(9)8(2)3/h1,5-9H,2-3H3. The third-order valence-electron chi connectivity index (χ3n) is 1.80. The minimum atomic E-state index is 0.264. The first-order valence-corrected chi connectivity index (χ1v) is 3.60. The Balaban J connectivity index is 2.74. The van der Waals surface area contributed by atoms with Crippen molar-refractivity contribution in [2.24, 2.45) is 11.8 Å². The van der Waals surface area contributed by atoms with E-state index < -0.39 is 0 Å². The van der Waals surface area contributed by atoms with Crippen molar-refractivity contribution in [2.45, 2.75) is 13.8 Å². The molecule has 1 aliphatic carbocycles. The van der Waals surface area contributed by atoms with E-state index in [1.807, 2.05) is 6.08 Å². The molecule has 0 heteroatoms. The molecule has 0 aromatic heterocycles. The molecule has 1 unspecified atom stereocenters. The van der Waals surface area contributed by atoms with Gasteiger partial charge in [-0.25, -0.2) is 0 Å². The van der Waals surface area contributed by atoms with Crippen molar-refractivity contribution in [1.82, 2.24) is 0 Å². The van der Waals surface area contributed by atoms with Gasteiger partial charge in [-0.3, -0.25) is 0 Å². The van der Waals surface area contributed by atoms with Crippen LogP contribution in [0.1, 0.15) is 13.8 Å². The summed E-state index contributed by atoms with van der Waals surface area (Å²) < 4.78 is 0. The maximum Gasteiger partial charge on any atom is 0.0598 e. The third kappa shape index (κ3) is 1.14. The van der Waals surface area contributed by atoms with E-state index in [2.05, 4.69) is 31.9 Å². The Labute approximate surface area is 62.6 Å². The van der Waals surface area contributed by atoms with Crippen molar-refractivity contribution in [1.29, 1.82) is 0 Å². The normalized spacial score (nSPS) is 23.0. The third-order valence-corrected chi connectivity index (χ3v) is 1.80. The molecule has 0 amide bonds. The highest BCUT2D eigenvalue weighted by molar-refractivity contribution is 5.34. The Kier molecular flexibility index (Phi) is 1.97. The first-order chi connectivity index (χ1) is 4.75. The molecular weight excluding hydrogens is 120 g/mol. The number of terminal acetylenes is 1. The minimum absolute atomic E-state index is 0.264. The van der Waals surface area contributed by atoms with Gasteiger partial charge in [0.1, 0.15) is 0 Å². The van der Waals surface area contributed by atoms with E-state index in [9.17, 15) is 0 Å². The highest BCUT2D eigenvalue weighted by atomic mass is 14.2. The molecule has 0 bridgehead atoms. The van der Waals surface area contributed by atoms with E-state index >= 15 is 0 Å². The number of allylic oxidation sites excluding steroid dienone is 4. The number of rotatable bonds is 1. The molecule has 1 atom stereocenters. The van der Waals surface area contributed by atoms with Gasteiger partial charge in [0.2, 0.25) is 0 Å². The summed E-state index contributed by atoms with van der Waals surface area (Å²) in [6.45, 7) is 4.34. The molecule has 1 aliphatic rings. The Morgan fingerprint density at radius 1 is 1.60 bits per heavy atom. The molecule has 0 N–H and O–H groups in total. The van der Waals surface area contributed by atoms with Gasteiger partial charge in [-0.15, -0.1) is 6.42 Å². The first-order valence-electron chi connectivity index (χ1n) is 3.60. The molecular formula is C10H12. The van der Waals surface area contributed by atoms with Gasteiger partial charge in [0.05, 0.1) is 5.92 Å². The van der Waals surface area contributed by atoms with Gasteiger partial charge in [0, 0.05) is 0 Å². The molecule has 0 radical (unpaired) electrons. The average Bonchev–Trinajstić information content (AvgIpc) is 2.33. The monoisotopic (exact) mass is 132 g/mol. The van der Waals surface area contributed by atoms with Crippen LogP contribution in [0, 0.1) is 24.2 Å². The fraction of sp³-hybridized carbons (Fsp3) is 0.400. The van der Waals surface area contributed by atoms with Crippen molar-refractivity contribution in [2.75, 3.05) is 0 Å². The van der Waals surface area contributed by atoms with Crippen LogP contribution in [0.2, 0.25) is 0 Å². The van der Waals surface area contributed by atoms with Crippen LogP contribution in [0.25, 0.3) is 0 Å². The first kappa shape index (κ1) is 7.15. The van der Waals surface area contributed by atoms with Crippen LogP contribution in [-0.4, -0.2) is 0 Å². The van der Waals surface area contributed by atoms with Crippen LogP contribution in [0.4, 0.5) is 0 Å². The van der Waals surface area contributed by atoms with Gasteiger partial charge in [0.25, 0.3) is 0 Å². The van der Waals surface area contributed by atoms with E-state index in [4.69, 9.17) is 6.42 Å². The second-order valence-electron chi connectivity index (χ2n) is 2.85. The zero-order valence-electron chi connectivity index (χ0n) is 6.46. The lowest BCUT2D eigenvalue weighted by molar-refractivity contribution is 0.714. The molecule has 0 nitrogen and oxygen atoms in total. The molecule has 0 aromatic carbocycles. The van der Waals surface area contributed by atoms with Crippen molar-refractivity contribution >= 4 is 0 Å². The maximum absolute atomic E-state index is 5.32. The summed E-state index contributed by atoms with van der Waals surface area (Å²) in [7, 11) is 0. The summed E-state index contributed by atoms with van der Waals surface area (Å²) in [6, 6.07) is 0. The Morgan fingerprint density at radius 3 is 2.70 bits per heavy atom. The van der Waals surface area contributed by atoms with E-state index in [-0.39, 0.29) is 5.92 Å². The maximum atomic E-state index is 5.32. The van der Waals surface area contributed by atoms with Crippen LogP contribution >= 0.6 is 0 Å². The highest BCUT2D eigenvalue weighted by Crippen LogP contribution is 2.24. The predicted octanol–water partition coefficient (Wildman–Crippen LogP) is 2.39. The van der Waals surface area contributed by atoms with Gasteiger partial charge < -0.3 is 0 Å². The molecule has 10 heavy (non-hydrogen) atoms. The van der Waals surface area contributed by atoms with Crippen LogP contribution in [0.15, 0.2) is 23.8 Å². The molecule has 0 saturated carbocycles. The molecule has 0 saturated heterocycles. The zero-order valence-corrected chi connectivity index (χ0v) is 6.46. The Morgan fingerprint density at radius 2 is 2.30 bits per heavy atom. The fourth-order valence-corrected chi connectivity index (χ4v) is 1.20. The SMILES string of the molecule is C#CC1C=CC=C1C(C)C. The van der Waals surface area contributed by atoms with Crippen LogP contribution in [-0.2, 0) is 0 Å².